The van der Waals surface area contributed by atoms with Crippen molar-refractivity contribution in [2.75, 3.05) is 52.4 Å². The number of piperazine rings is 1. The Labute approximate surface area is 199 Å². The summed E-state index contributed by atoms with van der Waals surface area (Å²) < 4.78 is 5.98. The minimum Gasteiger partial charge on any atom is -0.492 e. The van der Waals surface area contributed by atoms with Gasteiger partial charge in [0.2, 0.25) is 5.91 Å². The molecule has 2 aromatic carbocycles. The van der Waals surface area contributed by atoms with E-state index in [2.05, 4.69) is 64.4 Å². The third kappa shape index (κ3) is 7.31. The minimum absolute atomic E-state index is 0.266. The van der Waals surface area contributed by atoms with E-state index in [4.69, 9.17) is 4.74 Å². The average Bonchev–Trinajstić information content (AvgIpc) is 2.87. The van der Waals surface area contributed by atoms with E-state index in [1.807, 2.05) is 11.8 Å². The molecular weight excluding hydrogens is 410 g/mol. The van der Waals surface area contributed by atoms with E-state index in [0.717, 1.165) is 50.9 Å². The molecule has 0 saturated carbocycles. The Morgan fingerprint density at radius 1 is 0.848 bits per heavy atom. The first-order valence-corrected chi connectivity index (χ1v) is 12.7. The molecule has 178 valence electrons. The molecule has 0 N–H and O–H groups in total. The molecule has 2 aliphatic rings. The van der Waals surface area contributed by atoms with Crippen LogP contribution in [0.1, 0.15) is 37.3 Å². The Bertz CT molecular complexity index is 839. The Morgan fingerprint density at radius 2 is 1.55 bits per heavy atom. The van der Waals surface area contributed by atoms with Crippen LogP contribution in [-0.4, -0.2) is 73.0 Å². The fourth-order valence-corrected chi connectivity index (χ4v) is 4.98. The van der Waals surface area contributed by atoms with Gasteiger partial charge < -0.3 is 9.64 Å². The van der Waals surface area contributed by atoms with Crippen molar-refractivity contribution < 1.29 is 9.53 Å². The number of piperidine rings is 1. The van der Waals surface area contributed by atoms with Gasteiger partial charge in [0.05, 0.1) is 0 Å². The van der Waals surface area contributed by atoms with E-state index in [1.54, 1.807) is 0 Å². The van der Waals surface area contributed by atoms with Gasteiger partial charge >= 0.3 is 0 Å². The first-order valence-electron chi connectivity index (χ1n) is 12.7. The maximum Gasteiger partial charge on any atom is 0.222 e. The van der Waals surface area contributed by atoms with Crippen molar-refractivity contribution in [3.8, 4) is 5.75 Å². The van der Waals surface area contributed by atoms with Crippen molar-refractivity contribution in [2.24, 2.45) is 5.92 Å². The number of likely N-dealkylation sites (tertiary alicyclic amines) is 1. The van der Waals surface area contributed by atoms with Gasteiger partial charge in [-0.15, -0.1) is 0 Å². The molecule has 4 rings (SSSR count). The quantitative estimate of drug-likeness (QED) is 0.578. The van der Waals surface area contributed by atoms with E-state index < -0.39 is 0 Å². The number of amides is 1. The molecule has 2 fully saturated rings. The van der Waals surface area contributed by atoms with Crippen molar-refractivity contribution in [3.05, 3.63) is 65.7 Å². The SMILES string of the molecule is CCC(=O)N1CCN(CCOc2ccc(CN3CCC(Cc4ccccc4)CC3)cc2)CC1. The van der Waals surface area contributed by atoms with Crippen LogP contribution in [0.15, 0.2) is 54.6 Å². The molecule has 2 saturated heterocycles. The summed E-state index contributed by atoms with van der Waals surface area (Å²) in [7, 11) is 0. The number of rotatable bonds is 9. The lowest BCUT2D eigenvalue weighted by Gasteiger charge is -2.34. The molecule has 33 heavy (non-hydrogen) atoms. The number of carbonyl (C=O) groups is 1. The van der Waals surface area contributed by atoms with E-state index in [0.29, 0.717) is 13.0 Å². The lowest BCUT2D eigenvalue weighted by molar-refractivity contribution is -0.132. The summed E-state index contributed by atoms with van der Waals surface area (Å²) in [5.74, 6) is 2.03. The van der Waals surface area contributed by atoms with E-state index in [9.17, 15) is 4.79 Å². The number of hydrogen-bond acceptors (Lipinski definition) is 4. The van der Waals surface area contributed by atoms with Crippen LogP contribution in [0, 0.1) is 5.92 Å². The van der Waals surface area contributed by atoms with Crippen LogP contribution in [0.5, 0.6) is 5.75 Å². The molecule has 0 unspecified atom stereocenters. The summed E-state index contributed by atoms with van der Waals surface area (Å²) in [6.07, 6.45) is 4.40. The Balaban J connectivity index is 1.12. The average molecular weight is 450 g/mol. The summed E-state index contributed by atoms with van der Waals surface area (Å²) in [5, 5.41) is 0. The molecule has 0 aromatic heterocycles. The number of carbonyl (C=O) groups excluding carboxylic acids is 1. The van der Waals surface area contributed by atoms with E-state index in [-0.39, 0.29) is 5.91 Å². The van der Waals surface area contributed by atoms with Crippen LogP contribution in [0.25, 0.3) is 0 Å². The standard InChI is InChI=1S/C28H39N3O2/c1-2-28(32)31-18-16-29(17-19-31)20-21-33-27-10-8-26(9-11-27)23-30-14-12-25(13-15-30)22-24-6-4-3-5-7-24/h3-11,25H,2,12-23H2,1H3. The Kier molecular flexibility index (Phi) is 8.79. The molecule has 0 aliphatic carbocycles. The summed E-state index contributed by atoms with van der Waals surface area (Å²) >= 11 is 0. The minimum atomic E-state index is 0.266. The second-order valence-electron chi connectivity index (χ2n) is 9.48. The number of nitrogens with zero attached hydrogens (tertiary/aromatic N) is 3. The van der Waals surface area contributed by atoms with Crippen LogP contribution >= 0.6 is 0 Å². The Morgan fingerprint density at radius 3 is 2.21 bits per heavy atom. The molecule has 0 spiro atoms. The smallest absolute Gasteiger partial charge is 0.222 e. The van der Waals surface area contributed by atoms with Gasteiger partial charge in [-0.25, -0.2) is 0 Å². The summed E-state index contributed by atoms with van der Waals surface area (Å²) in [5.41, 5.74) is 2.83. The zero-order chi connectivity index (χ0) is 22.9. The fraction of sp³-hybridized carbons (Fsp3) is 0.536. The number of benzene rings is 2. The van der Waals surface area contributed by atoms with E-state index in [1.165, 1.54) is 43.5 Å². The monoisotopic (exact) mass is 449 g/mol. The zero-order valence-corrected chi connectivity index (χ0v) is 20.1. The molecule has 2 aromatic rings. The first kappa shape index (κ1) is 23.8. The number of hydrogen-bond donors (Lipinski definition) is 0. The van der Waals surface area contributed by atoms with Gasteiger partial charge in [0.1, 0.15) is 12.4 Å². The van der Waals surface area contributed by atoms with Gasteiger partial charge in [-0.1, -0.05) is 49.4 Å². The lowest BCUT2D eigenvalue weighted by atomic mass is 9.90. The van der Waals surface area contributed by atoms with Crippen molar-refractivity contribution in [1.82, 2.24) is 14.7 Å². The van der Waals surface area contributed by atoms with Crippen molar-refractivity contribution >= 4 is 5.91 Å². The van der Waals surface area contributed by atoms with Gasteiger partial charge in [-0.05, 0) is 61.5 Å². The highest BCUT2D eigenvalue weighted by molar-refractivity contribution is 5.75. The predicted octanol–water partition coefficient (Wildman–Crippen LogP) is 4.07. The molecular formula is C28H39N3O2. The van der Waals surface area contributed by atoms with Crippen molar-refractivity contribution in [1.29, 1.82) is 0 Å². The molecule has 5 heteroatoms. The van der Waals surface area contributed by atoms with Crippen molar-refractivity contribution in [2.45, 2.75) is 39.2 Å². The molecule has 0 bridgehead atoms. The third-order valence-electron chi connectivity index (χ3n) is 7.11. The van der Waals surface area contributed by atoms with E-state index >= 15 is 0 Å². The highest BCUT2D eigenvalue weighted by Gasteiger charge is 2.20. The summed E-state index contributed by atoms with van der Waals surface area (Å²) in [6.45, 7) is 10.5. The second-order valence-corrected chi connectivity index (χ2v) is 9.48. The van der Waals surface area contributed by atoms with Gasteiger partial charge in [0.15, 0.2) is 0 Å². The Hall–Kier alpha value is -2.37. The molecule has 0 atom stereocenters. The second kappa shape index (κ2) is 12.2. The molecule has 1 amide bonds. The normalized spacial score (nSPS) is 18.4. The highest BCUT2D eigenvalue weighted by atomic mass is 16.5. The van der Waals surface area contributed by atoms with Crippen LogP contribution < -0.4 is 4.74 Å². The van der Waals surface area contributed by atoms with Gasteiger partial charge in [-0.2, -0.15) is 0 Å². The van der Waals surface area contributed by atoms with Gasteiger partial charge in [0.25, 0.3) is 0 Å². The third-order valence-corrected chi connectivity index (χ3v) is 7.11. The van der Waals surface area contributed by atoms with Crippen LogP contribution in [0.4, 0.5) is 0 Å². The molecule has 5 nitrogen and oxygen atoms in total. The first-order chi connectivity index (χ1) is 16.2. The summed E-state index contributed by atoms with van der Waals surface area (Å²) in [4.78, 5) is 18.7. The molecule has 2 aliphatic heterocycles. The largest absolute Gasteiger partial charge is 0.492 e. The van der Waals surface area contributed by atoms with Crippen LogP contribution in [0.2, 0.25) is 0 Å². The van der Waals surface area contributed by atoms with Crippen molar-refractivity contribution in [3.63, 3.8) is 0 Å². The maximum atomic E-state index is 11.8. The zero-order valence-electron chi connectivity index (χ0n) is 20.1. The summed E-state index contributed by atoms with van der Waals surface area (Å²) in [6, 6.07) is 19.5. The van der Waals surface area contributed by atoms with Gasteiger partial charge in [-0.3, -0.25) is 14.6 Å². The van der Waals surface area contributed by atoms with Crippen LogP contribution in [0.3, 0.4) is 0 Å². The van der Waals surface area contributed by atoms with Crippen LogP contribution in [-0.2, 0) is 17.8 Å². The number of ether oxygens (including phenoxy) is 1. The maximum absolute atomic E-state index is 11.8. The fourth-order valence-electron chi connectivity index (χ4n) is 4.98. The highest BCUT2D eigenvalue weighted by Crippen LogP contribution is 2.23. The van der Waals surface area contributed by atoms with Gasteiger partial charge in [0, 0.05) is 45.7 Å². The molecule has 0 radical (unpaired) electrons. The lowest BCUT2D eigenvalue weighted by Crippen LogP contribution is -2.49. The topological polar surface area (TPSA) is 36.0 Å². The predicted molar refractivity (Wildman–Crippen MR) is 133 cm³/mol. The molecule has 2 heterocycles.